The molecule has 3 atom stereocenters. The van der Waals surface area contributed by atoms with Crippen LogP contribution in [-0.2, 0) is 4.74 Å². The lowest BCUT2D eigenvalue weighted by Crippen LogP contribution is -2.48. The van der Waals surface area contributed by atoms with Crippen LogP contribution in [0, 0.1) is 0 Å². The standard InChI is InChI=1S/C18H36N4O/c1-4-6-7-9-15(3)21-18(19-5-2)20-12-17-13-22-11-8-10-16(22)14-23-17/h15-17H,4-14H2,1-3H3,(H2,19,20,21). The van der Waals surface area contributed by atoms with Gasteiger partial charge in [0.15, 0.2) is 5.96 Å². The Hall–Kier alpha value is -0.810. The van der Waals surface area contributed by atoms with E-state index >= 15 is 0 Å². The van der Waals surface area contributed by atoms with Crippen molar-refractivity contribution in [3.8, 4) is 0 Å². The summed E-state index contributed by atoms with van der Waals surface area (Å²) in [5, 5.41) is 6.89. The Balaban J connectivity index is 1.76. The average Bonchev–Trinajstić information content (AvgIpc) is 3.00. The van der Waals surface area contributed by atoms with Crippen LogP contribution in [0.3, 0.4) is 0 Å². The fourth-order valence-corrected chi connectivity index (χ4v) is 3.52. The minimum Gasteiger partial charge on any atom is -0.373 e. The second kappa shape index (κ2) is 10.1. The molecule has 0 aromatic rings. The van der Waals surface area contributed by atoms with E-state index in [2.05, 4.69) is 36.3 Å². The molecule has 2 heterocycles. The quantitative estimate of drug-likeness (QED) is 0.409. The van der Waals surface area contributed by atoms with E-state index in [-0.39, 0.29) is 6.10 Å². The van der Waals surface area contributed by atoms with Gasteiger partial charge in [-0.3, -0.25) is 9.89 Å². The van der Waals surface area contributed by atoms with Crippen LogP contribution in [0.4, 0.5) is 0 Å². The molecule has 23 heavy (non-hydrogen) atoms. The number of hydrogen-bond donors (Lipinski definition) is 2. The van der Waals surface area contributed by atoms with Crippen molar-refractivity contribution < 1.29 is 4.74 Å². The van der Waals surface area contributed by atoms with Gasteiger partial charge in [-0.1, -0.05) is 26.2 Å². The third-order valence-electron chi connectivity index (χ3n) is 4.88. The molecule has 2 fully saturated rings. The lowest BCUT2D eigenvalue weighted by molar-refractivity contribution is -0.0432. The van der Waals surface area contributed by atoms with Crippen LogP contribution in [0.15, 0.2) is 4.99 Å². The van der Waals surface area contributed by atoms with Gasteiger partial charge in [-0.05, 0) is 39.7 Å². The Bertz CT molecular complexity index is 361. The number of unbranched alkanes of at least 4 members (excludes halogenated alkanes) is 2. The zero-order chi connectivity index (χ0) is 16.5. The highest BCUT2D eigenvalue weighted by Gasteiger charge is 2.31. The molecule has 134 valence electrons. The van der Waals surface area contributed by atoms with E-state index in [1.54, 1.807) is 0 Å². The molecular formula is C18H36N4O. The summed E-state index contributed by atoms with van der Waals surface area (Å²) >= 11 is 0. The summed E-state index contributed by atoms with van der Waals surface area (Å²) in [6.07, 6.45) is 7.94. The van der Waals surface area contributed by atoms with Gasteiger partial charge < -0.3 is 15.4 Å². The van der Waals surface area contributed by atoms with Crippen LogP contribution in [0.5, 0.6) is 0 Å². The molecule has 5 nitrogen and oxygen atoms in total. The van der Waals surface area contributed by atoms with Crippen molar-refractivity contribution in [2.24, 2.45) is 4.99 Å². The summed E-state index contributed by atoms with van der Waals surface area (Å²) in [5.74, 6) is 0.934. The lowest BCUT2D eigenvalue weighted by Gasteiger charge is -2.34. The molecule has 0 radical (unpaired) electrons. The molecule has 5 heteroatoms. The minimum absolute atomic E-state index is 0.246. The molecule has 2 aliphatic heterocycles. The first-order valence-corrected chi connectivity index (χ1v) is 9.63. The van der Waals surface area contributed by atoms with Crippen LogP contribution in [0.25, 0.3) is 0 Å². The van der Waals surface area contributed by atoms with Crippen molar-refractivity contribution in [2.75, 3.05) is 32.8 Å². The highest BCUT2D eigenvalue weighted by molar-refractivity contribution is 5.80. The first-order valence-electron chi connectivity index (χ1n) is 9.63. The molecule has 2 rings (SSSR count). The molecule has 0 bridgehead atoms. The summed E-state index contributed by atoms with van der Waals surface area (Å²) in [5.41, 5.74) is 0. The Labute approximate surface area is 142 Å². The topological polar surface area (TPSA) is 48.9 Å². The summed E-state index contributed by atoms with van der Waals surface area (Å²) in [6.45, 7) is 11.4. The van der Waals surface area contributed by atoms with Gasteiger partial charge in [0.05, 0.1) is 19.3 Å². The lowest BCUT2D eigenvalue weighted by atomic mass is 10.1. The van der Waals surface area contributed by atoms with Gasteiger partial charge in [-0.15, -0.1) is 0 Å². The minimum atomic E-state index is 0.246. The Morgan fingerprint density at radius 1 is 1.35 bits per heavy atom. The Morgan fingerprint density at radius 3 is 3.00 bits per heavy atom. The van der Waals surface area contributed by atoms with E-state index in [4.69, 9.17) is 9.73 Å². The maximum Gasteiger partial charge on any atom is 0.191 e. The van der Waals surface area contributed by atoms with Gasteiger partial charge in [0, 0.05) is 25.2 Å². The molecule has 2 aliphatic rings. The fraction of sp³-hybridized carbons (Fsp3) is 0.944. The van der Waals surface area contributed by atoms with E-state index in [1.807, 2.05) is 0 Å². The number of guanidine groups is 1. The molecule has 0 aromatic heterocycles. The van der Waals surface area contributed by atoms with E-state index in [0.29, 0.717) is 12.1 Å². The summed E-state index contributed by atoms with van der Waals surface area (Å²) in [4.78, 5) is 7.34. The number of morpholine rings is 1. The van der Waals surface area contributed by atoms with Crippen LogP contribution in [0.1, 0.15) is 59.3 Å². The molecule has 0 aromatic carbocycles. The second-order valence-electron chi connectivity index (χ2n) is 7.01. The predicted octanol–water partition coefficient (Wildman–Crippen LogP) is 2.37. The van der Waals surface area contributed by atoms with Gasteiger partial charge >= 0.3 is 0 Å². The molecule has 2 saturated heterocycles. The van der Waals surface area contributed by atoms with E-state index in [9.17, 15) is 0 Å². The van der Waals surface area contributed by atoms with Crippen LogP contribution in [-0.4, -0.2) is 61.8 Å². The normalized spacial score (nSPS) is 26.8. The molecule has 0 saturated carbocycles. The maximum absolute atomic E-state index is 6.00. The summed E-state index contributed by atoms with van der Waals surface area (Å²) < 4.78 is 6.00. The van der Waals surface area contributed by atoms with Gasteiger partial charge in [-0.25, -0.2) is 0 Å². The van der Waals surface area contributed by atoms with E-state index in [0.717, 1.165) is 32.2 Å². The number of rotatable bonds is 8. The molecular weight excluding hydrogens is 288 g/mol. The smallest absolute Gasteiger partial charge is 0.191 e. The Kier molecular flexibility index (Phi) is 8.17. The SMILES string of the molecule is CCCCCC(C)NC(=NCC1CN2CCCC2CO1)NCC. The van der Waals surface area contributed by atoms with Gasteiger partial charge in [-0.2, -0.15) is 0 Å². The van der Waals surface area contributed by atoms with Crippen molar-refractivity contribution in [3.63, 3.8) is 0 Å². The highest BCUT2D eigenvalue weighted by Crippen LogP contribution is 2.22. The number of nitrogens with zero attached hydrogens (tertiary/aromatic N) is 2. The number of aliphatic imine (C=N–C) groups is 1. The second-order valence-corrected chi connectivity index (χ2v) is 7.01. The summed E-state index contributed by atoms with van der Waals surface area (Å²) in [7, 11) is 0. The van der Waals surface area contributed by atoms with Crippen molar-refractivity contribution in [1.29, 1.82) is 0 Å². The molecule has 0 amide bonds. The van der Waals surface area contributed by atoms with Crippen molar-refractivity contribution >= 4 is 5.96 Å². The van der Waals surface area contributed by atoms with Gasteiger partial charge in [0.2, 0.25) is 0 Å². The van der Waals surface area contributed by atoms with Crippen molar-refractivity contribution in [1.82, 2.24) is 15.5 Å². The van der Waals surface area contributed by atoms with Gasteiger partial charge in [0.1, 0.15) is 0 Å². The van der Waals surface area contributed by atoms with Crippen LogP contribution < -0.4 is 10.6 Å². The van der Waals surface area contributed by atoms with E-state index in [1.165, 1.54) is 45.1 Å². The molecule has 0 spiro atoms. The number of fused-ring (bicyclic) bond motifs is 1. The highest BCUT2D eigenvalue weighted by atomic mass is 16.5. The van der Waals surface area contributed by atoms with Crippen LogP contribution in [0.2, 0.25) is 0 Å². The average molecular weight is 325 g/mol. The first-order chi connectivity index (χ1) is 11.2. The zero-order valence-electron chi connectivity index (χ0n) is 15.3. The maximum atomic E-state index is 6.00. The third-order valence-corrected chi connectivity index (χ3v) is 4.88. The van der Waals surface area contributed by atoms with E-state index < -0.39 is 0 Å². The molecule has 2 N–H and O–H groups in total. The van der Waals surface area contributed by atoms with Crippen LogP contribution >= 0.6 is 0 Å². The number of nitrogens with one attached hydrogen (secondary N) is 2. The zero-order valence-corrected chi connectivity index (χ0v) is 15.3. The van der Waals surface area contributed by atoms with Crippen molar-refractivity contribution in [2.45, 2.75) is 77.5 Å². The fourth-order valence-electron chi connectivity index (χ4n) is 3.52. The largest absolute Gasteiger partial charge is 0.373 e. The third kappa shape index (κ3) is 6.30. The predicted molar refractivity (Wildman–Crippen MR) is 97.1 cm³/mol. The summed E-state index contributed by atoms with van der Waals surface area (Å²) in [6, 6.07) is 1.13. The molecule has 0 aliphatic carbocycles. The monoisotopic (exact) mass is 324 g/mol. The molecule has 3 unspecified atom stereocenters. The van der Waals surface area contributed by atoms with Gasteiger partial charge in [0.25, 0.3) is 0 Å². The van der Waals surface area contributed by atoms with Crippen molar-refractivity contribution in [3.05, 3.63) is 0 Å². The number of ether oxygens (including phenoxy) is 1. The Morgan fingerprint density at radius 2 is 2.22 bits per heavy atom. The first kappa shape index (κ1) is 18.5. The number of hydrogen-bond acceptors (Lipinski definition) is 3.